The molecule has 3 aromatic rings. The van der Waals surface area contributed by atoms with Gasteiger partial charge < -0.3 is 19.3 Å². The highest BCUT2D eigenvalue weighted by Gasteiger charge is 2.29. The first-order chi connectivity index (χ1) is 20.2. The van der Waals surface area contributed by atoms with Crippen molar-refractivity contribution in [1.29, 1.82) is 0 Å². The second-order valence-corrected chi connectivity index (χ2v) is 11.3. The Morgan fingerprint density at radius 2 is 2.00 bits per heavy atom. The van der Waals surface area contributed by atoms with Gasteiger partial charge in [-0.05, 0) is 64.0 Å². The lowest BCUT2D eigenvalue weighted by molar-refractivity contribution is -0.445. The lowest BCUT2D eigenvalue weighted by atomic mass is 10.1. The summed E-state index contributed by atoms with van der Waals surface area (Å²) in [7, 11) is 5.81. The summed E-state index contributed by atoms with van der Waals surface area (Å²) in [6.45, 7) is 6.91. The van der Waals surface area contributed by atoms with E-state index in [1.54, 1.807) is 35.6 Å². The van der Waals surface area contributed by atoms with Crippen molar-refractivity contribution in [3.05, 3.63) is 59.8 Å². The fourth-order valence-electron chi connectivity index (χ4n) is 5.21. The first-order valence-corrected chi connectivity index (χ1v) is 14.4. The number of rotatable bonds is 9. The van der Waals surface area contributed by atoms with Crippen molar-refractivity contribution in [1.82, 2.24) is 24.3 Å². The third kappa shape index (κ3) is 6.73. The van der Waals surface area contributed by atoms with Crippen molar-refractivity contribution in [2.45, 2.75) is 39.2 Å². The number of pyridine rings is 1. The van der Waals surface area contributed by atoms with Crippen LogP contribution in [0.1, 0.15) is 48.1 Å². The van der Waals surface area contributed by atoms with Gasteiger partial charge in [-0.1, -0.05) is 22.9 Å². The number of hydrogen-bond acceptors (Lipinski definition) is 6. The molecule has 2 aliphatic heterocycles. The van der Waals surface area contributed by atoms with E-state index < -0.39 is 0 Å². The molecule has 2 aliphatic rings. The van der Waals surface area contributed by atoms with Crippen LogP contribution >= 0.6 is 0 Å². The lowest BCUT2D eigenvalue weighted by Crippen LogP contribution is -2.35. The predicted molar refractivity (Wildman–Crippen MR) is 167 cm³/mol. The summed E-state index contributed by atoms with van der Waals surface area (Å²) in [5.41, 5.74) is 4.53. The molecule has 1 fully saturated rings. The molecule has 1 atom stereocenters. The first kappa shape index (κ1) is 29.1. The van der Waals surface area contributed by atoms with E-state index in [0.29, 0.717) is 37.0 Å². The number of nitrogens with zero attached hydrogens (tertiary/aromatic N) is 8. The number of nitrogens with one attached hydrogen (secondary N) is 1. The number of hydrazone groups is 1. The minimum Gasteiger partial charge on any atom is -0.337 e. The number of para-hydroxylation sites is 1. The lowest BCUT2D eigenvalue weighted by Gasteiger charge is -2.26. The molecule has 220 valence electrons. The largest absolute Gasteiger partial charge is 0.337 e. The highest BCUT2D eigenvalue weighted by Crippen LogP contribution is 2.32. The Morgan fingerprint density at radius 1 is 1.19 bits per heavy atom. The van der Waals surface area contributed by atoms with Gasteiger partial charge in [0.1, 0.15) is 5.82 Å². The normalized spacial score (nSPS) is 17.5. The Kier molecular flexibility index (Phi) is 8.77. The van der Waals surface area contributed by atoms with E-state index in [-0.39, 0.29) is 17.9 Å². The third-order valence-corrected chi connectivity index (χ3v) is 7.64. The van der Waals surface area contributed by atoms with Crippen molar-refractivity contribution >= 4 is 46.7 Å². The van der Waals surface area contributed by atoms with E-state index in [0.717, 1.165) is 42.4 Å². The molecule has 2 amide bonds. The zero-order chi connectivity index (χ0) is 29.8. The maximum atomic E-state index is 13.6. The second kappa shape index (κ2) is 12.6. The van der Waals surface area contributed by atoms with E-state index in [4.69, 9.17) is 4.98 Å². The summed E-state index contributed by atoms with van der Waals surface area (Å²) >= 11 is 0. The van der Waals surface area contributed by atoms with Gasteiger partial charge in [-0.3, -0.25) is 14.9 Å². The van der Waals surface area contributed by atoms with Crippen molar-refractivity contribution in [2.24, 2.45) is 5.10 Å². The monoisotopic (exact) mass is 570 g/mol. The number of imidazole rings is 1. The molecule has 42 heavy (non-hydrogen) atoms. The number of carbonyl (C=O) groups excluding carboxylic acids is 2. The van der Waals surface area contributed by atoms with Crippen molar-refractivity contribution in [3.8, 4) is 0 Å². The molecule has 1 saturated heterocycles. The highest BCUT2D eigenvalue weighted by atomic mass is 16.2. The van der Waals surface area contributed by atoms with Gasteiger partial charge in [0.25, 0.3) is 12.5 Å². The van der Waals surface area contributed by atoms with E-state index >= 15 is 0 Å². The summed E-state index contributed by atoms with van der Waals surface area (Å²) in [5.74, 6) is 0.823. The van der Waals surface area contributed by atoms with Gasteiger partial charge >= 0.3 is 0 Å². The third-order valence-electron chi connectivity index (χ3n) is 7.64. The minimum atomic E-state index is -0.276. The maximum Gasteiger partial charge on any atom is 0.258 e. The molecule has 0 saturated carbocycles. The van der Waals surface area contributed by atoms with Gasteiger partial charge in [-0.15, -0.1) is 0 Å². The Hall–Kier alpha value is -4.38. The molecule has 1 N–H and O–H groups in total. The number of aryl methyl sites for hydroxylation is 1. The van der Waals surface area contributed by atoms with Crippen molar-refractivity contribution < 1.29 is 14.3 Å². The molecule has 1 unspecified atom stereocenters. The molecular weight excluding hydrogens is 530 g/mol. The van der Waals surface area contributed by atoms with Gasteiger partial charge in [-0.2, -0.15) is 0 Å². The molecule has 0 aliphatic carbocycles. The predicted octanol–water partition coefficient (Wildman–Crippen LogP) is 3.53. The molecule has 2 aromatic heterocycles. The number of likely N-dealkylation sites (tertiary alicyclic amines) is 1. The molecule has 1 aromatic carbocycles. The molecule has 4 heterocycles. The van der Waals surface area contributed by atoms with Crippen LogP contribution in [0.2, 0.25) is 0 Å². The fourth-order valence-corrected chi connectivity index (χ4v) is 5.21. The zero-order valence-electron chi connectivity index (χ0n) is 25.1. The van der Waals surface area contributed by atoms with E-state index in [9.17, 15) is 9.59 Å². The molecular formula is C31H40N9O2+. The number of hydrogen-bond donors (Lipinski definition) is 1. The summed E-state index contributed by atoms with van der Waals surface area (Å²) < 4.78 is 4.02. The summed E-state index contributed by atoms with van der Waals surface area (Å²) in [5, 5.41) is 7.47. The average molecular weight is 571 g/mol. The van der Waals surface area contributed by atoms with Gasteiger partial charge in [0.2, 0.25) is 17.6 Å². The number of anilines is 2. The molecule has 0 bridgehead atoms. The number of likely N-dealkylation sites (N-methyl/N-ethyl adjacent to an activating group) is 1. The standard InChI is InChI=1S/C31H39N9O2/c1-22-10-8-12-26-29(22)40(25-11-6-7-17-38(20-25)28(41)13-9-16-36(3)4)31(34-26)35-30(42)24-14-15-32-27(18-24)37(5)21-33-39-19-23(39)2/h8-10,12-15,18,21,25H,6-7,11,16-17,19-20H2,1-5H3/p+1. The summed E-state index contributed by atoms with van der Waals surface area (Å²) in [6.07, 6.45) is 9.68. The topological polar surface area (TPSA) is 102 Å². The molecule has 0 radical (unpaired) electrons. The Labute approximate surface area is 246 Å². The van der Waals surface area contributed by atoms with Gasteiger partial charge in [-0.25, -0.2) is 9.97 Å². The average Bonchev–Trinajstić information content (AvgIpc) is 3.63. The van der Waals surface area contributed by atoms with Crippen LogP contribution in [-0.4, -0.2) is 100 Å². The van der Waals surface area contributed by atoms with Gasteiger partial charge in [0.15, 0.2) is 6.34 Å². The zero-order valence-corrected chi connectivity index (χ0v) is 25.1. The second-order valence-electron chi connectivity index (χ2n) is 11.3. The van der Waals surface area contributed by atoms with Crippen LogP contribution in [0.3, 0.4) is 0 Å². The fraction of sp³-hybridized carbons (Fsp3) is 0.419. The van der Waals surface area contributed by atoms with Crippen LogP contribution in [0.4, 0.5) is 11.8 Å². The van der Waals surface area contributed by atoms with Crippen molar-refractivity contribution in [2.75, 3.05) is 57.5 Å². The maximum absolute atomic E-state index is 13.6. The summed E-state index contributed by atoms with van der Waals surface area (Å²) in [6, 6.07) is 9.39. The smallest absolute Gasteiger partial charge is 0.258 e. The number of aromatic nitrogens is 3. The number of fused-ring (bicyclic) bond motifs is 1. The van der Waals surface area contributed by atoms with Crippen LogP contribution in [0.25, 0.3) is 11.0 Å². The SMILES string of the molecule is CC1=[N+](N=CN(C)c2cc(C(=O)Nc3nc4cccc(C)c4n3C3CCCCN(C(=O)C=CCN(C)C)C3)ccn2)C1. The van der Waals surface area contributed by atoms with E-state index in [2.05, 4.69) is 33.0 Å². The van der Waals surface area contributed by atoms with Crippen LogP contribution in [0.5, 0.6) is 0 Å². The molecule has 0 spiro atoms. The van der Waals surface area contributed by atoms with Crippen LogP contribution in [0, 0.1) is 6.92 Å². The number of benzene rings is 1. The van der Waals surface area contributed by atoms with E-state index in [1.165, 1.54) is 5.71 Å². The van der Waals surface area contributed by atoms with Crippen LogP contribution < -0.4 is 10.2 Å². The molecule has 11 heteroatoms. The Morgan fingerprint density at radius 3 is 2.76 bits per heavy atom. The Balaban J connectivity index is 1.41. The van der Waals surface area contributed by atoms with Gasteiger partial charge in [0, 0.05) is 56.5 Å². The number of carbonyl (C=O) groups is 2. The van der Waals surface area contributed by atoms with Gasteiger partial charge in [0.05, 0.1) is 17.1 Å². The highest BCUT2D eigenvalue weighted by molar-refractivity contribution is 6.05. The van der Waals surface area contributed by atoms with Crippen molar-refractivity contribution in [3.63, 3.8) is 0 Å². The van der Waals surface area contributed by atoms with Crippen LogP contribution in [-0.2, 0) is 4.79 Å². The van der Waals surface area contributed by atoms with Crippen LogP contribution in [0.15, 0.2) is 53.8 Å². The quantitative estimate of drug-likeness (QED) is 0.183. The molecule has 11 nitrogen and oxygen atoms in total. The molecule has 5 rings (SSSR count). The number of amides is 2. The first-order valence-electron chi connectivity index (χ1n) is 14.4. The van der Waals surface area contributed by atoms with E-state index in [1.807, 2.05) is 60.8 Å². The minimum absolute atomic E-state index is 0.0130. The Bertz CT molecular complexity index is 1570. The summed E-state index contributed by atoms with van der Waals surface area (Å²) in [4.78, 5) is 41.7.